The number of fused-ring (bicyclic) bond motifs is 1. The molecule has 0 aliphatic carbocycles. The molecule has 18 heavy (non-hydrogen) atoms. The van der Waals surface area contributed by atoms with E-state index in [0.29, 0.717) is 5.56 Å². The third-order valence-corrected chi connectivity index (χ3v) is 2.90. The number of hydrogen-bond acceptors (Lipinski definition) is 2. The number of aromatic nitrogens is 1. The number of nitrogens with zero attached hydrogens (tertiary/aromatic N) is 1. The number of benzene rings is 1. The number of nitrogens with one attached hydrogen (secondary N) is 1. The van der Waals surface area contributed by atoms with Crippen molar-refractivity contribution in [2.75, 3.05) is 6.54 Å². The highest BCUT2D eigenvalue weighted by Crippen LogP contribution is 2.12. The van der Waals surface area contributed by atoms with Crippen molar-refractivity contribution in [1.29, 1.82) is 0 Å². The van der Waals surface area contributed by atoms with Crippen molar-refractivity contribution >= 4 is 17.1 Å². The molecule has 0 radical (unpaired) electrons. The van der Waals surface area contributed by atoms with E-state index < -0.39 is 0 Å². The molecule has 94 valence electrons. The Morgan fingerprint density at radius 3 is 2.94 bits per heavy atom. The van der Waals surface area contributed by atoms with E-state index in [1.54, 1.807) is 6.21 Å². The van der Waals surface area contributed by atoms with E-state index >= 15 is 0 Å². The highest BCUT2D eigenvalue weighted by Gasteiger charge is 2.00. The number of rotatable bonds is 4. The molecule has 3 nitrogen and oxygen atoms in total. The van der Waals surface area contributed by atoms with Crippen molar-refractivity contribution in [3.63, 3.8) is 0 Å². The number of pyridine rings is 1. The lowest BCUT2D eigenvalue weighted by Gasteiger charge is -2.00. The zero-order valence-corrected chi connectivity index (χ0v) is 10.9. The van der Waals surface area contributed by atoms with Gasteiger partial charge < -0.3 is 4.98 Å². The second kappa shape index (κ2) is 5.63. The van der Waals surface area contributed by atoms with Crippen LogP contribution in [0.3, 0.4) is 0 Å². The first kappa shape index (κ1) is 12.6. The smallest absolute Gasteiger partial charge is 0.257 e. The Hall–Kier alpha value is -1.90. The van der Waals surface area contributed by atoms with Crippen LogP contribution in [-0.4, -0.2) is 17.7 Å². The van der Waals surface area contributed by atoms with Crippen LogP contribution in [0.25, 0.3) is 10.9 Å². The van der Waals surface area contributed by atoms with Crippen LogP contribution in [0.1, 0.15) is 30.9 Å². The van der Waals surface area contributed by atoms with Gasteiger partial charge >= 0.3 is 0 Å². The Morgan fingerprint density at radius 2 is 2.17 bits per heavy atom. The van der Waals surface area contributed by atoms with Gasteiger partial charge in [-0.3, -0.25) is 9.79 Å². The van der Waals surface area contributed by atoms with Gasteiger partial charge in [0.15, 0.2) is 0 Å². The number of unbranched alkanes of at least 4 members (excludes halogenated alkanes) is 1. The maximum atomic E-state index is 11.9. The van der Waals surface area contributed by atoms with Gasteiger partial charge in [0.2, 0.25) is 0 Å². The number of aryl methyl sites for hydroxylation is 1. The van der Waals surface area contributed by atoms with Crippen molar-refractivity contribution in [1.82, 2.24) is 4.98 Å². The van der Waals surface area contributed by atoms with Crippen LogP contribution < -0.4 is 5.56 Å². The van der Waals surface area contributed by atoms with Crippen LogP contribution in [-0.2, 0) is 0 Å². The summed E-state index contributed by atoms with van der Waals surface area (Å²) < 4.78 is 0. The lowest BCUT2D eigenvalue weighted by Crippen LogP contribution is -2.11. The summed E-state index contributed by atoms with van der Waals surface area (Å²) in [6.45, 7) is 4.92. The highest BCUT2D eigenvalue weighted by atomic mass is 16.1. The maximum absolute atomic E-state index is 11.9. The monoisotopic (exact) mass is 242 g/mol. The lowest BCUT2D eigenvalue weighted by molar-refractivity contribution is 0.810. The van der Waals surface area contributed by atoms with Crippen molar-refractivity contribution in [2.45, 2.75) is 26.7 Å². The normalized spacial score (nSPS) is 11.4. The molecule has 0 unspecified atom stereocenters. The van der Waals surface area contributed by atoms with Crippen LogP contribution in [0.5, 0.6) is 0 Å². The summed E-state index contributed by atoms with van der Waals surface area (Å²) in [5.74, 6) is 0. The molecule has 1 heterocycles. The molecular weight excluding hydrogens is 224 g/mol. The molecule has 0 saturated carbocycles. The molecule has 0 spiro atoms. The minimum atomic E-state index is -0.0756. The predicted octanol–water partition coefficient (Wildman–Crippen LogP) is 3.06. The number of aromatic amines is 1. The van der Waals surface area contributed by atoms with Gasteiger partial charge in [-0.1, -0.05) is 25.5 Å². The summed E-state index contributed by atoms with van der Waals surface area (Å²) in [6.07, 6.45) is 3.85. The lowest BCUT2D eigenvalue weighted by atomic mass is 10.1. The summed E-state index contributed by atoms with van der Waals surface area (Å²) in [4.78, 5) is 19.0. The highest BCUT2D eigenvalue weighted by molar-refractivity contribution is 5.87. The molecule has 0 aliphatic rings. The van der Waals surface area contributed by atoms with Gasteiger partial charge in [0.25, 0.3) is 5.56 Å². The summed E-state index contributed by atoms with van der Waals surface area (Å²) in [5, 5.41) is 1.04. The minimum Gasteiger partial charge on any atom is -0.321 e. The summed E-state index contributed by atoms with van der Waals surface area (Å²) in [5.41, 5.74) is 2.57. The van der Waals surface area contributed by atoms with Crippen molar-refractivity contribution < 1.29 is 0 Å². The van der Waals surface area contributed by atoms with E-state index in [4.69, 9.17) is 0 Å². The van der Waals surface area contributed by atoms with Crippen molar-refractivity contribution in [3.05, 3.63) is 45.7 Å². The molecule has 0 bridgehead atoms. The Kier molecular flexibility index (Phi) is 3.92. The Labute approximate surface area is 107 Å². The van der Waals surface area contributed by atoms with Gasteiger partial charge in [0.05, 0.1) is 5.56 Å². The van der Waals surface area contributed by atoms with E-state index in [1.807, 2.05) is 31.2 Å². The zero-order valence-electron chi connectivity index (χ0n) is 10.9. The molecule has 3 heteroatoms. The largest absolute Gasteiger partial charge is 0.321 e. The molecule has 0 fully saturated rings. The molecule has 1 aromatic carbocycles. The van der Waals surface area contributed by atoms with Gasteiger partial charge in [-0.05, 0) is 36.4 Å². The zero-order chi connectivity index (χ0) is 13.0. The molecule has 0 saturated heterocycles. The van der Waals surface area contributed by atoms with E-state index in [-0.39, 0.29) is 5.56 Å². The van der Waals surface area contributed by atoms with Gasteiger partial charge in [0.1, 0.15) is 0 Å². The molecule has 2 rings (SSSR count). The maximum Gasteiger partial charge on any atom is 0.257 e. The van der Waals surface area contributed by atoms with Gasteiger partial charge in [0, 0.05) is 18.3 Å². The number of hydrogen-bond donors (Lipinski definition) is 1. The Morgan fingerprint density at radius 1 is 1.33 bits per heavy atom. The van der Waals surface area contributed by atoms with E-state index in [1.165, 1.54) is 0 Å². The van der Waals surface area contributed by atoms with Gasteiger partial charge in [-0.15, -0.1) is 0 Å². The van der Waals surface area contributed by atoms with E-state index in [0.717, 1.165) is 35.9 Å². The number of H-pyrrole nitrogens is 1. The fourth-order valence-corrected chi connectivity index (χ4v) is 1.84. The SMILES string of the molecule is CCCCN=Cc1cc2ccc(C)cc2[nH]c1=O. The fraction of sp³-hybridized carbons (Fsp3) is 0.333. The third-order valence-electron chi connectivity index (χ3n) is 2.90. The van der Waals surface area contributed by atoms with Crippen molar-refractivity contribution in [3.8, 4) is 0 Å². The first-order chi connectivity index (χ1) is 8.70. The molecule has 1 N–H and O–H groups in total. The van der Waals surface area contributed by atoms with Crippen LogP contribution in [0.4, 0.5) is 0 Å². The molecular formula is C15H18N2O. The second-order valence-corrected chi connectivity index (χ2v) is 4.53. The van der Waals surface area contributed by atoms with E-state index in [9.17, 15) is 4.79 Å². The predicted molar refractivity (Wildman–Crippen MR) is 76.7 cm³/mol. The topological polar surface area (TPSA) is 45.2 Å². The average molecular weight is 242 g/mol. The molecule has 0 amide bonds. The van der Waals surface area contributed by atoms with Gasteiger partial charge in [-0.25, -0.2) is 0 Å². The molecule has 2 aromatic rings. The van der Waals surface area contributed by atoms with E-state index in [2.05, 4.69) is 16.9 Å². The van der Waals surface area contributed by atoms with Crippen LogP contribution >= 0.6 is 0 Å². The van der Waals surface area contributed by atoms with Gasteiger partial charge in [-0.2, -0.15) is 0 Å². The summed E-state index contributed by atoms with van der Waals surface area (Å²) in [7, 11) is 0. The summed E-state index contributed by atoms with van der Waals surface area (Å²) in [6, 6.07) is 7.93. The standard InChI is InChI=1S/C15H18N2O/c1-3-4-7-16-10-13-9-12-6-5-11(2)8-14(12)17-15(13)18/h5-6,8-10H,3-4,7H2,1-2H3,(H,17,18). The first-order valence-electron chi connectivity index (χ1n) is 6.34. The van der Waals surface area contributed by atoms with Crippen LogP contribution in [0.15, 0.2) is 34.1 Å². The third kappa shape index (κ3) is 2.86. The van der Waals surface area contributed by atoms with Crippen LogP contribution in [0, 0.1) is 6.92 Å². The second-order valence-electron chi connectivity index (χ2n) is 4.53. The fourth-order valence-electron chi connectivity index (χ4n) is 1.84. The first-order valence-corrected chi connectivity index (χ1v) is 6.34. The van der Waals surface area contributed by atoms with Crippen LogP contribution in [0.2, 0.25) is 0 Å². The molecule has 1 aromatic heterocycles. The molecule has 0 atom stereocenters. The summed E-state index contributed by atoms with van der Waals surface area (Å²) >= 11 is 0. The van der Waals surface area contributed by atoms with Crippen molar-refractivity contribution in [2.24, 2.45) is 4.99 Å². The minimum absolute atomic E-state index is 0.0756. The quantitative estimate of drug-likeness (QED) is 0.650. The average Bonchev–Trinajstić information content (AvgIpc) is 2.35. The Bertz CT molecular complexity index is 626. The number of aliphatic imine (C=N–C) groups is 1. The Balaban J connectivity index is 2.35. The molecule has 0 aliphatic heterocycles.